The number of aromatic nitrogens is 1. The summed E-state index contributed by atoms with van der Waals surface area (Å²) in [7, 11) is 3.30. The molecule has 1 saturated heterocycles. The monoisotopic (exact) mass is 531 g/mol. The number of piperidine rings is 1. The average Bonchev–Trinajstić information content (AvgIpc) is 3.41. The van der Waals surface area contributed by atoms with Crippen molar-refractivity contribution in [3.8, 4) is 22.8 Å². The summed E-state index contributed by atoms with van der Waals surface area (Å²) in [6.07, 6.45) is 3.18. The first-order chi connectivity index (χ1) is 18.7. The van der Waals surface area contributed by atoms with Gasteiger partial charge in [-0.1, -0.05) is 50.2 Å². The van der Waals surface area contributed by atoms with Crippen LogP contribution in [0, 0.1) is 11.8 Å². The quantitative estimate of drug-likeness (QED) is 0.440. The van der Waals surface area contributed by atoms with E-state index >= 15 is 0 Å². The Kier molecular flexibility index (Phi) is 7.98. The summed E-state index contributed by atoms with van der Waals surface area (Å²) in [6.45, 7) is 9.83. The molecule has 0 saturated carbocycles. The summed E-state index contributed by atoms with van der Waals surface area (Å²) in [5.74, 6) is 3.13. The average molecular weight is 532 g/mol. The lowest BCUT2D eigenvalue weighted by atomic mass is 9.80. The van der Waals surface area contributed by atoms with Gasteiger partial charge in [0, 0.05) is 31.1 Å². The number of rotatable bonds is 7. The molecule has 1 aromatic heterocycles. The second kappa shape index (κ2) is 11.4. The zero-order valence-electron chi connectivity index (χ0n) is 23.9. The molecule has 3 aromatic rings. The molecule has 0 unspecified atom stereocenters. The van der Waals surface area contributed by atoms with Crippen LogP contribution in [0.15, 0.2) is 47.0 Å². The van der Waals surface area contributed by atoms with E-state index in [9.17, 15) is 4.79 Å². The van der Waals surface area contributed by atoms with Crippen LogP contribution >= 0.6 is 0 Å². The molecule has 1 amide bonds. The summed E-state index contributed by atoms with van der Waals surface area (Å²) in [4.78, 5) is 15.5. The summed E-state index contributed by atoms with van der Waals surface area (Å²) >= 11 is 0. The summed E-state index contributed by atoms with van der Waals surface area (Å²) in [6, 6.07) is 14.7. The highest BCUT2D eigenvalue weighted by Gasteiger charge is 2.31. The summed E-state index contributed by atoms with van der Waals surface area (Å²) < 4.78 is 16.7. The Labute approximate surface area is 231 Å². The minimum absolute atomic E-state index is 0.115. The van der Waals surface area contributed by atoms with Crippen molar-refractivity contribution < 1.29 is 18.8 Å². The molecule has 7 heteroatoms. The van der Waals surface area contributed by atoms with Crippen LogP contribution in [0.25, 0.3) is 11.3 Å². The number of benzene rings is 2. The van der Waals surface area contributed by atoms with Crippen LogP contribution < -0.4 is 14.8 Å². The maximum absolute atomic E-state index is 13.5. The first-order valence-corrected chi connectivity index (χ1v) is 14.0. The number of nitrogens with zero attached hydrogens (tertiary/aromatic N) is 2. The van der Waals surface area contributed by atoms with Crippen molar-refractivity contribution in [2.24, 2.45) is 11.8 Å². The fourth-order valence-corrected chi connectivity index (χ4v) is 5.88. The Morgan fingerprint density at radius 1 is 1.05 bits per heavy atom. The molecule has 7 nitrogen and oxygen atoms in total. The molecule has 0 bridgehead atoms. The van der Waals surface area contributed by atoms with Crippen molar-refractivity contribution in [2.75, 3.05) is 33.9 Å². The zero-order valence-corrected chi connectivity index (χ0v) is 23.9. The van der Waals surface area contributed by atoms with Crippen LogP contribution in [-0.4, -0.2) is 49.8 Å². The second-order valence-electron chi connectivity index (χ2n) is 12.0. The first kappa shape index (κ1) is 27.3. The van der Waals surface area contributed by atoms with Crippen molar-refractivity contribution in [3.05, 3.63) is 64.8 Å². The molecule has 1 N–H and O–H groups in total. The molecule has 2 atom stereocenters. The van der Waals surface area contributed by atoms with Gasteiger partial charge in [0.15, 0.2) is 17.3 Å². The third-order valence-electron chi connectivity index (χ3n) is 8.34. The zero-order chi connectivity index (χ0) is 27.6. The van der Waals surface area contributed by atoms with Crippen molar-refractivity contribution in [1.29, 1.82) is 0 Å². The molecular formula is C32H41N3O4. The van der Waals surface area contributed by atoms with E-state index in [2.05, 4.69) is 61.6 Å². The molecule has 0 aliphatic carbocycles. The molecule has 1 fully saturated rings. The van der Waals surface area contributed by atoms with E-state index in [0.29, 0.717) is 30.6 Å². The molecular weight excluding hydrogens is 490 g/mol. The maximum atomic E-state index is 13.5. The number of hydrogen-bond donors (Lipinski definition) is 1. The molecule has 5 rings (SSSR count). The van der Waals surface area contributed by atoms with E-state index in [-0.39, 0.29) is 11.3 Å². The first-order valence-electron chi connectivity index (χ1n) is 14.0. The number of ether oxygens (including phenoxy) is 2. The molecule has 2 aliphatic rings. The van der Waals surface area contributed by atoms with Crippen LogP contribution in [0.5, 0.6) is 11.5 Å². The predicted molar refractivity (Wildman–Crippen MR) is 152 cm³/mol. The van der Waals surface area contributed by atoms with Gasteiger partial charge >= 0.3 is 0 Å². The minimum Gasteiger partial charge on any atom is -0.493 e. The third-order valence-corrected chi connectivity index (χ3v) is 8.34. The van der Waals surface area contributed by atoms with Crippen LogP contribution in [-0.2, 0) is 29.6 Å². The van der Waals surface area contributed by atoms with E-state index in [0.717, 1.165) is 67.2 Å². The lowest BCUT2D eigenvalue weighted by Crippen LogP contribution is -2.42. The Balaban J connectivity index is 1.22. The van der Waals surface area contributed by atoms with Gasteiger partial charge < -0.3 is 24.2 Å². The number of methoxy groups -OCH3 is 2. The molecule has 208 valence electrons. The van der Waals surface area contributed by atoms with Crippen LogP contribution in [0.1, 0.15) is 56.0 Å². The summed E-state index contributed by atoms with van der Waals surface area (Å²) in [5, 5.41) is 7.92. The van der Waals surface area contributed by atoms with Crippen LogP contribution in [0.3, 0.4) is 0 Å². The standard InChI is InChI=1S/C32H41N3O4/c1-32(2,3)26-8-6-21(7-9-26)28-18-27(34-39-28)14-24-19-33-12-10-22(24)17-31(36)35-13-11-23-15-29(37-4)30(38-5)16-25(23)20-35/h6-9,15-16,18,22,24,33H,10-14,17,19-20H2,1-5H3/t22-,24-/m0/s1. The van der Waals surface area contributed by atoms with Gasteiger partial charge in [-0.15, -0.1) is 0 Å². The largest absolute Gasteiger partial charge is 0.493 e. The number of carbonyl (C=O) groups is 1. The van der Waals surface area contributed by atoms with E-state index in [1.807, 2.05) is 17.0 Å². The maximum Gasteiger partial charge on any atom is 0.223 e. The molecule has 3 heterocycles. The van der Waals surface area contributed by atoms with Gasteiger partial charge in [0.1, 0.15) is 0 Å². The van der Waals surface area contributed by atoms with Gasteiger partial charge in [0.25, 0.3) is 0 Å². The minimum atomic E-state index is 0.115. The topological polar surface area (TPSA) is 76.8 Å². The van der Waals surface area contributed by atoms with E-state index < -0.39 is 0 Å². The van der Waals surface area contributed by atoms with Crippen LogP contribution in [0.2, 0.25) is 0 Å². The van der Waals surface area contributed by atoms with Gasteiger partial charge in [-0.2, -0.15) is 0 Å². The van der Waals surface area contributed by atoms with Crippen LogP contribution in [0.4, 0.5) is 0 Å². The fourth-order valence-electron chi connectivity index (χ4n) is 5.88. The van der Waals surface area contributed by atoms with Gasteiger partial charge in [-0.25, -0.2) is 0 Å². The van der Waals surface area contributed by atoms with E-state index in [1.54, 1.807) is 14.2 Å². The number of amides is 1. The lowest BCUT2D eigenvalue weighted by Gasteiger charge is -2.35. The fraction of sp³-hybridized carbons (Fsp3) is 0.500. The van der Waals surface area contributed by atoms with Crippen molar-refractivity contribution in [2.45, 2.75) is 58.4 Å². The molecule has 39 heavy (non-hydrogen) atoms. The number of nitrogens with one attached hydrogen (secondary N) is 1. The SMILES string of the molecule is COc1cc2c(cc1OC)CN(C(=O)C[C@@H]1CCNC[C@@H]1Cc1cc(-c3ccc(C(C)(C)C)cc3)on1)CC2. The molecule has 0 spiro atoms. The summed E-state index contributed by atoms with van der Waals surface area (Å²) in [5.41, 5.74) is 5.76. The third kappa shape index (κ3) is 6.14. The van der Waals surface area contributed by atoms with Gasteiger partial charge in [-0.3, -0.25) is 4.79 Å². The van der Waals surface area contributed by atoms with Gasteiger partial charge in [-0.05, 0) is 78.4 Å². The van der Waals surface area contributed by atoms with E-state index in [4.69, 9.17) is 14.0 Å². The normalized spacial score (nSPS) is 19.5. The number of hydrogen-bond acceptors (Lipinski definition) is 6. The Morgan fingerprint density at radius 2 is 1.77 bits per heavy atom. The van der Waals surface area contributed by atoms with Crippen molar-refractivity contribution >= 4 is 5.91 Å². The van der Waals surface area contributed by atoms with Crippen molar-refractivity contribution in [1.82, 2.24) is 15.4 Å². The highest BCUT2D eigenvalue weighted by molar-refractivity contribution is 5.77. The predicted octanol–water partition coefficient (Wildman–Crippen LogP) is 5.40. The Bertz CT molecular complexity index is 1290. The highest BCUT2D eigenvalue weighted by Crippen LogP contribution is 2.34. The van der Waals surface area contributed by atoms with Gasteiger partial charge in [0.05, 0.1) is 19.9 Å². The van der Waals surface area contributed by atoms with Gasteiger partial charge in [0.2, 0.25) is 5.91 Å². The molecule has 2 aliphatic heterocycles. The smallest absolute Gasteiger partial charge is 0.223 e. The highest BCUT2D eigenvalue weighted by atomic mass is 16.5. The molecule has 2 aromatic carbocycles. The van der Waals surface area contributed by atoms with E-state index in [1.165, 1.54) is 11.1 Å². The number of carbonyl (C=O) groups excluding carboxylic acids is 1. The lowest BCUT2D eigenvalue weighted by molar-refractivity contribution is -0.133. The molecule has 0 radical (unpaired) electrons. The Hall–Kier alpha value is -3.32. The Morgan fingerprint density at radius 3 is 2.46 bits per heavy atom. The van der Waals surface area contributed by atoms with Crippen molar-refractivity contribution in [3.63, 3.8) is 0 Å². The number of fused-ring (bicyclic) bond motifs is 1. The second-order valence-corrected chi connectivity index (χ2v) is 12.0.